The monoisotopic (exact) mass is 310 g/mol. The lowest BCUT2D eigenvalue weighted by molar-refractivity contribution is 0.0698. The van der Waals surface area contributed by atoms with Gasteiger partial charge in [-0.1, -0.05) is 19.8 Å². The molecule has 21 heavy (non-hydrogen) atoms. The minimum Gasteiger partial charge on any atom is -0.478 e. The standard InChI is InChI=1S/C15H22N2O3S/c1-2-3-10-4-6-11(7-5-10)16-15(20)17-13-12(14(18)19)8-9-21-13/h8-11H,2-7H2,1H3,(H,18,19)(H2,16,17,20). The lowest BCUT2D eigenvalue weighted by Crippen LogP contribution is -2.40. The summed E-state index contributed by atoms with van der Waals surface area (Å²) < 4.78 is 0. The third kappa shape index (κ3) is 4.46. The number of hydrogen-bond acceptors (Lipinski definition) is 3. The summed E-state index contributed by atoms with van der Waals surface area (Å²) in [4.78, 5) is 22.9. The molecule has 0 radical (unpaired) electrons. The predicted octanol–water partition coefficient (Wildman–Crippen LogP) is 3.93. The van der Waals surface area contributed by atoms with E-state index in [0.717, 1.165) is 31.6 Å². The largest absolute Gasteiger partial charge is 0.478 e. The lowest BCUT2D eigenvalue weighted by Gasteiger charge is -2.28. The first-order valence-electron chi connectivity index (χ1n) is 7.48. The smallest absolute Gasteiger partial charge is 0.338 e. The van der Waals surface area contributed by atoms with E-state index in [4.69, 9.17) is 5.11 Å². The second-order valence-electron chi connectivity index (χ2n) is 5.57. The number of carboxylic acids is 1. The van der Waals surface area contributed by atoms with Crippen LogP contribution >= 0.6 is 11.3 Å². The Hall–Kier alpha value is -1.56. The van der Waals surface area contributed by atoms with E-state index in [1.807, 2.05) is 0 Å². The van der Waals surface area contributed by atoms with Gasteiger partial charge in [0.25, 0.3) is 0 Å². The number of thiophene rings is 1. The van der Waals surface area contributed by atoms with E-state index in [2.05, 4.69) is 17.6 Å². The summed E-state index contributed by atoms with van der Waals surface area (Å²) in [5.74, 6) is -0.223. The van der Waals surface area contributed by atoms with Crippen LogP contribution in [-0.4, -0.2) is 23.1 Å². The van der Waals surface area contributed by atoms with E-state index >= 15 is 0 Å². The second kappa shape index (κ2) is 7.45. The van der Waals surface area contributed by atoms with Crippen LogP contribution in [0.5, 0.6) is 0 Å². The molecule has 1 heterocycles. The Kier molecular flexibility index (Phi) is 5.61. The molecular weight excluding hydrogens is 288 g/mol. The summed E-state index contributed by atoms with van der Waals surface area (Å²) in [5.41, 5.74) is 0.141. The van der Waals surface area contributed by atoms with Gasteiger partial charge in [0.05, 0.1) is 5.56 Å². The van der Waals surface area contributed by atoms with E-state index in [1.165, 1.54) is 30.2 Å². The number of carbonyl (C=O) groups excluding carboxylic acids is 1. The second-order valence-corrected chi connectivity index (χ2v) is 6.49. The summed E-state index contributed by atoms with van der Waals surface area (Å²) in [7, 11) is 0. The van der Waals surface area contributed by atoms with Crippen molar-refractivity contribution in [3.8, 4) is 0 Å². The first-order chi connectivity index (χ1) is 10.1. The van der Waals surface area contributed by atoms with E-state index < -0.39 is 5.97 Å². The molecule has 1 aromatic heterocycles. The number of amides is 2. The maximum atomic E-state index is 12.0. The minimum absolute atomic E-state index is 0.141. The average molecular weight is 310 g/mol. The molecule has 1 saturated carbocycles. The quantitative estimate of drug-likeness (QED) is 0.771. The molecule has 1 aromatic rings. The van der Waals surface area contributed by atoms with Crippen molar-refractivity contribution >= 4 is 28.3 Å². The summed E-state index contributed by atoms with van der Waals surface area (Å²) in [6, 6.07) is 1.39. The molecule has 2 amide bonds. The zero-order valence-corrected chi connectivity index (χ0v) is 13.0. The van der Waals surface area contributed by atoms with Crippen LogP contribution in [-0.2, 0) is 0 Å². The Morgan fingerprint density at radius 2 is 2.05 bits per heavy atom. The molecule has 0 saturated heterocycles. The first kappa shape index (κ1) is 15.8. The van der Waals surface area contributed by atoms with Crippen molar-refractivity contribution in [2.75, 3.05) is 5.32 Å². The van der Waals surface area contributed by atoms with Gasteiger partial charge in [0.1, 0.15) is 5.00 Å². The van der Waals surface area contributed by atoms with E-state index in [9.17, 15) is 9.59 Å². The van der Waals surface area contributed by atoms with E-state index in [0.29, 0.717) is 5.00 Å². The lowest BCUT2D eigenvalue weighted by atomic mass is 9.83. The van der Waals surface area contributed by atoms with Crippen LogP contribution in [0.1, 0.15) is 55.8 Å². The molecule has 0 aliphatic heterocycles. The maximum absolute atomic E-state index is 12.0. The van der Waals surface area contributed by atoms with Gasteiger partial charge in [-0.15, -0.1) is 11.3 Å². The molecule has 0 spiro atoms. The number of hydrogen-bond donors (Lipinski definition) is 3. The van der Waals surface area contributed by atoms with Gasteiger partial charge in [0.15, 0.2) is 0 Å². The predicted molar refractivity (Wildman–Crippen MR) is 84.1 cm³/mol. The van der Waals surface area contributed by atoms with Gasteiger partial charge in [-0.25, -0.2) is 9.59 Å². The van der Waals surface area contributed by atoms with Crippen LogP contribution in [0.2, 0.25) is 0 Å². The van der Waals surface area contributed by atoms with Crippen molar-refractivity contribution < 1.29 is 14.7 Å². The van der Waals surface area contributed by atoms with Crippen LogP contribution in [0.25, 0.3) is 0 Å². The number of nitrogens with one attached hydrogen (secondary N) is 2. The zero-order chi connectivity index (χ0) is 15.2. The Balaban J connectivity index is 1.80. The Labute approximate surface area is 128 Å². The topological polar surface area (TPSA) is 78.4 Å². The molecule has 2 rings (SSSR count). The third-order valence-corrected chi connectivity index (χ3v) is 4.83. The van der Waals surface area contributed by atoms with Crippen molar-refractivity contribution in [2.24, 2.45) is 5.92 Å². The fraction of sp³-hybridized carbons (Fsp3) is 0.600. The summed E-state index contributed by atoms with van der Waals surface area (Å²) in [6.07, 6.45) is 6.84. The molecule has 5 nitrogen and oxygen atoms in total. The fourth-order valence-electron chi connectivity index (χ4n) is 2.90. The fourth-order valence-corrected chi connectivity index (χ4v) is 3.68. The SMILES string of the molecule is CCCC1CCC(NC(=O)Nc2sccc2C(=O)O)CC1. The van der Waals surface area contributed by atoms with Gasteiger partial charge in [0.2, 0.25) is 0 Å². The van der Waals surface area contributed by atoms with E-state index in [1.54, 1.807) is 5.38 Å². The Morgan fingerprint density at radius 3 is 2.67 bits per heavy atom. The average Bonchev–Trinajstić information content (AvgIpc) is 2.89. The molecule has 0 unspecified atom stereocenters. The number of urea groups is 1. The number of anilines is 1. The van der Waals surface area contributed by atoms with Gasteiger partial charge in [-0.2, -0.15) is 0 Å². The first-order valence-corrected chi connectivity index (χ1v) is 8.36. The minimum atomic E-state index is -1.02. The van der Waals surface area contributed by atoms with Gasteiger partial charge in [-0.3, -0.25) is 5.32 Å². The van der Waals surface area contributed by atoms with E-state index in [-0.39, 0.29) is 17.6 Å². The van der Waals surface area contributed by atoms with Crippen molar-refractivity contribution in [1.29, 1.82) is 0 Å². The highest BCUT2D eigenvalue weighted by molar-refractivity contribution is 7.14. The molecule has 1 aliphatic carbocycles. The molecule has 6 heteroatoms. The Bertz CT molecular complexity index is 493. The van der Waals surface area contributed by atoms with Crippen molar-refractivity contribution in [2.45, 2.75) is 51.5 Å². The summed E-state index contributed by atoms with van der Waals surface area (Å²) >= 11 is 1.22. The summed E-state index contributed by atoms with van der Waals surface area (Å²) in [5, 5.41) is 16.6. The molecule has 0 bridgehead atoms. The molecule has 0 atom stereocenters. The Morgan fingerprint density at radius 1 is 1.33 bits per heavy atom. The summed E-state index contributed by atoms with van der Waals surface area (Å²) in [6.45, 7) is 2.21. The van der Waals surface area contributed by atoms with Gasteiger partial charge in [0, 0.05) is 6.04 Å². The van der Waals surface area contributed by atoms with Crippen molar-refractivity contribution in [3.05, 3.63) is 17.0 Å². The molecule has 0 aromatic carbocycles. The number of rotatable bonds is 5. The highest BCUT2D eigenvalue weighted by atomic mass is 32.1. The number of carbonyl (C=O) groups is 2. The number of carboxylic acid groups (broad SMARTS) is 1. The third-order valence-electron chi connectivity index (χ3n) is 4.00. The molecule has 3 N–H and O–H groups in total. The van der Waals surface area contributed by atoms with Crippen LogP contribution in [0.15, 0.2) is 11.4 Å². The molecular formula is C15H22N2O3S. The van der Waals surface area contributed by atoms with Crippen LogP contribution < -0.4 is 10.6 Å². The van der Waals surface area contributed by atoms with Gasteiger partial charge < -0.3 is 10.4 Å². The van der Waals surface area contributed by atoms with Crippen LogP contribution in [0.4, 0.5) is 9.80 Å². The number of aromatic carboxylic acids is 1. The normalized spacial score (nSPS) is 21.8. The highest BCUT2D eigenvalue weighted by Gasteiger charge is 2.22. The molecule has 1 aliphatic rings. The zero-order valence-electron chi connectivity index (χ0n) is 12.2. The van der Waals surface area contributed by atoms with Crippen molar-refractivity contribution in [1.82, 2.24) is 5.32 Å². The maximum Gasteiger partial charge on any atom is 0.338 e. The molecule has 116 valence electrons. The molecule has 1 fully saturated rings. The van der Waals surface area contributed by atoms with Crippen molar-refractivity contribution in [3.63, 3.8) is 0 Å². The highest BCUT2D eigenvalue weighted by Crippen LogP contribution is 2.28. The van der Waals surface area contributed by atoms with Gasteiger partial charge in [-0.05, 0) is 43.0 Å². The van der Waals surface area contributed by atoms with Crippen LogP contribution in [0.3, 0.4) is 0 Å². The van der Waals surface area contributed by atoms with Crippen LogP contribution in [0, 0.1) is 5.92 Å². The van der Waals surface area contributed by atoms with Gasteiger partial charge >= 0.3 is 12.0 Å².